The molecule has 1 aliphatic rings. The standard InChI is InChI=1S/C36H44F2N4O4SSi/c1-20(2)48(21(3)4,22(5)6)13-12-26-28(37)11-10-24-14-25(46-19-44-7)15-27(29(24)26)32-31(38)33-30(35(39-32)45-8)34(41-36(40-33)47-9)42-16-23(17-42)18-43/h10-11,14-15,20-23,43H,16-19H2,1-9H3. The van der Waals surface area contributed by atoms with Gasteiger partial charge in [-0.2, -0.15) is 0 Å². The monoisotopic (exact) mass is 694 g/mol. The number of aromatic nitrogens is 3. The normalized spacial score (nSPS) is 13.9. The van der Waals surface area contributed by atoms with E-state index in [2.05, 4.69) is 63.0 Å². The number of methoxy groups -OCH3 is 2. The average molecular weight is 695 g/mol. The molecule has 0 unspecified atom stereocenters. The first-order valence-corrected chi connectivity index (χ1v) is 19.6. The molecular formula is C36H44F2N4O4SSi. The molecule has 0 amide bonds. The molecule has 0 bridgehead atoms. The topological polar surface area (TPSA) is 89.8 Å². The van der Waals surface area contributed by atoms with Gasteiger partial charge in [0.15, 0.2) is 17.8 Å². The van der Waals surface area contributed by atoms with Gasteiger partial charge in [0.2, 0.25) is 5.88 Å². The lowest BCUT2D eigenvalue weighted by Gasteiger charge is -2.39. The van der Waals surface area contributed by atoms with Crippen LogP contribution in [0, 0.1) is 29.0 Å². The maximum atomic E-state index is 17.1. The molecule has 2 aromatic carbocycles. The summed E-state index contributed by atoms with van der Waals surface area (Å²) in [5, 5.41) is 11.4. The Kier molecular flexibility index (Phi) is 10.8. The lowest BCUT2D eigenvalue weighted by Crippen LogP contribution is -2.49. The van der Waals surface area contributed by atoms with Gasteiger partial charge in [-0.05, 0) is 46.5 Å². The van der Waals surface area contributed by atoms with Crippen molar-refractivity contribution in [3.63, 3.8) is 0 Å². The van der Waals surface area contributed by atoms with Crippen LogP contribution in [-0.2, 0) is 4.74 Å². The Labute approximate surface area is 286 Å². The van der Waals surface area contributed by atoms with Crippen LogP contribution in [0.5, 0.6) is 11.6 Å². The summed E-state index contributed by atoms with van der Waals surface area (Å²) >= 11 is 1.29. The molecule has 48 heavy (non-hydrogen) atoms. The van der Waals surface area contributed by atoms with Crippen LogP contribution in [0.4, 0.5) is 14.6 Å². The lowest BCUT2D eigenvalue weighted by atomic mass is 9.95. The van der Waals surface area contributed by atoms with Crippen LogP contribution in [0.25, 0.3) is 32.9 Å². The Bertz CT molecular complexity index is 1870. The third kappa shape index (κ3) is 6.33. The Morgan fingerprint density at radius 1 is 1.00 bits per heavy atom. The third-order valence-electron chi connectivity index (χ3n) is 9.51. The van der Waals surface area contributed by atoms with E-state index in [1.54, 1.807) is 18.2 Å². The number of fused-ring (bicyclic) bond motifs is 2. The number of hydrogen-bond acceptors (Lipinski definition) is 9. The number of benzene rings is 2. The number of ether oxygens (including phenoxy) is 3. The number of pyridine rings is 1. The van der Waals surface area contributed by atoms with E-state index in [1.165, 1.54) is 32.0 Å². The highest BCUT2D eigenvalue weighted by atomic mass is 32.2. The lowest BCUT2D eigenvalue weighted by molar-refractivity contribution is 0.0512. The number of halogens is 2. The van der Waals surface area contributed by atoms with Crippen LogP contribution in [-0.4, -0.2) is 75.1 Å². The number of aliphatic hydroxyl groups excluding tert-OH is 1. The Morgan fingerprint density at radius 2 is 1.69 bits per heavy atom. The highest BCUT2D eigenvalue weighted by molar-refractivity contribution is 7.98. The number of rotatable bonds is 11. The smallest absolute Gasteiger partial charge is 0.227 e. The number of hydrogen-bond donors (Lipinski definition) is 1. The van der Waals surface area contributed by atoms with E-state index >= 15 is 8.78 Å². The van der Waals surface area contributed by atoms with Gasteiger partial charge in [0.1, 0.15) is 42.1 Å². The van der Waals surface area contributed by atoms with Gasteiger partial charge in [-0.1, -0.05) is 65.3 Å². The molecule has 0 radical (unpaired) electrons. The maximum Gasteiger partial charge on any atom is 0.227 e. The summed E-state index contributed by atoms with van der Waals surface area (Å²) in [6.45, 7) is 14.3. The predicted octanol–water partition coefficient (Wildman–Crippen LogP) is 7.83. The molecule has 0 aliphatic carbocycles. The minimum atomic E-state index is -2.26. The highest BCUT2D eigenvalue weighted by Crippen LogP contribution is 2.44. The van der Waals surface area contributed by atoms with E-state index in [0.29, 0.717) is 68.2 Å². The largest absolute Gasteiger partial charge is 0.480 e. The zero-order valence-corrected chi connectivity index (χ0v) is 30.9. The van der Waals surface area contributed by atoms with Crippen LogP contribution in [0.1, 0.15) is 47.1 Å². The van der Waals surface area contributed by atoms with Crippen LogP contribution in [0.3, 0.4) is 0 Å². The predicted molar refractivity (Wildman–Crippen MR) is 192 cm³/mol. The van der Waals surface area contributed by atoms with E-state index < -0.39 is 19.7 Å². The molecule has 3 heterocycles. The summed E-state index contributed by atoms with van der Waals surface area (Å²) in [6, 6.07) is 6.44. The van der Waals surface area contributed by atoms with Crippen molar-refractivity contribution in [1.29, 1.82) is 0 Å². The van der Waals surface area contributed by atoms with Crippen molar-refractivity contribution in [2.24, 2.45) is 5.92 Å². The Balaban J connectivity index is 1.86. The molecule has 256 valence electrons. The summed E-state index contributed by atoms with van der Waals surface area (Å²) < 4.78 is 49.8. The molecule has 12 heteroatoms. The molecule has 0 saturated carbocycles. The second-order valence-electron chi connectivity index (χ2n) is 13.2. The molecular weight excluding hydrogens is 651 g/mol. The fraction of sp³-hybridized carbons (Fsp3) is 0.472. The summed E-state index contributed by atoms with van der Waals surface area (Å²) in [5.41, 5.74) is 5.08. The minimum Gasteiger partial charge on any atom is -0.480 e. The van der Waals surface area contributed by atoms with Crippen LogP contribution >= 0.6 is 11.8 Å². The maximum absolute atomic E-state index is 17.1. The molecule has 8 nitrogen and oxygen atoms in total. The third-order valence-corrected chi connectivity index (χ3v) is 16.4. The van der Waals surface area contributed by atoms with E-state index in [4.69, 9.17) is 19.2 Å². The fourth-order valence-electron chi connectivity index (χ4n) is 7.14. The average Bonchev–Trinajstić information content (AvgIpc) is 3.03. The zero-order chi connectivity index (χ0) is 34.9. The molecule has 0 spiro atoms. The first-order valence-electron chi connectivity index (χ1n) is 16.2. The Hall–Kier alpha value is -3.50. The van der Waals surface area contributed by atoms with Gasteiger partial charge in [-0.25, -0.2) is 23.7 Å². The van der Waals surface area contributed by atoms with E-state index in [-0.39, 0.29) is 42.0 Å². The molecule has 1 saturated heterocycles. The van der Waals surface area contributed by atoms with Gasteiger partial charge >= 0.3 is 0 Å². The highest BCUT2D eigenvalue weighted by Gasteiger charge is 2.42. The van der Waals surface area contributed by atoms with Crippen molar-refractivity contribution in [3.8, 4) is 34.4 Å². The molecule has 1 N–H and O–H groups in total. The first kappa shape index (κ1) is 35.8. The molecule has 0 atom stereocenters. The van der Waals surface area contributed by atoms with Gasteiger partial charge in [-0.15, -0.1) is 5.54 Å². The van der Waals surface area contributed by atoms with Crippen LogP contribution in [0.2, 0.25) is 16.6 Å². The van der Waals surface area contributed by atoms with Gasteiger partial charge in [0.05, 0.1) is 12.7 Å². The summed E-state index contributed by atoms with van der Waals surface area (Å²) in [4.78, 5) is 15.9. The van der Waals surface area contributed by atoms with Gasteiger partial charge in [-0.3, -0.25) is 0 Å². The quantitative estimate of drug-likeness (QED) is 0.0555. The summed E-state index contributed by atoms with van der Waals surface area (Å²) in [6.07, 6.45) is 1.82. The van der Waals surface area contributed by atoms with E-state index in [0.717, 1.165) is 0 Å². The van der Waals surface area contributed by atoms with Crippen molar-refractivity contribution in [2.45, 2.75) is 63.3 Å². The van der Waals surface area contributed by atoms with Crippen LogP contribution in [0.15, 0.2) is 29.4 Å². The molecule has 1 aliphatic heterocycles. The second-order valence-corrected chi connectivity index (χ2v) is 19.5. The minimum absolute atomic E-state index is 0.0323. The van der Waals surface area contributed by atoms with Crippen LogP contribution < -0.4 is 14.4 Å². The number of nitrogens with zero attached hydrogens (tertiary/aromatic N) is 4. The zero-order valence-electron chi connectivity index (χ0n) is 29.1. The molecule has 4 aromatic rings. The molecule has 1 fully saturated rings. The van der Waals surface area contributed by atoms with Crippen molar-refractivity contribution < 1.29 is 28.1 Å². The number of thioether (sulfide) groups is 1. The molecule has 2 aromatic heterocycles. The van der Waals surface area contributed by atoms with E-state index in [9.17, 15) is 5.11 Å². The first-order chi connectivity index (χ1) is 22.9. The van der Waals surface area contributed by atoms with Gasteiger partial charge in [0, 0.05) is 43.7 Å². The SMILES string of the molecule is COCOc1cc(-c2nc(OC)c3c(N4CC(CO)C4)nc(SC)nc3c2F)c2c(C#C[Si](C(C)C)(C(C)C)C(C)C)c(F)ccc2c1. The number of anilines is 1. The fourth-order valence-corrected chi connectivity index (χ4v) is 12.7. The van der Waals surface area contributed by atoms with E-state index in [1.807, 2.05) is 11.2 Å². The van der Waals surface area contributed by atoms with Crippen molar-refractivity contribution in [2.75, 3.05) is 51.9 Å². The van der Waals surface area contributed by atoms with Gasteiger partial charge in [0.25, 0.3) is 0 Å². The second kappa shape index (κ2) is 14.5. The summed E-state index contributed by atoms with van der Waals surface area (Å²) in [5.74, 6) is 3.20. The number of aliphatic hydroxyl groups is 1. The molecule has 5 rings (SSSR count). The van der Waals surface area contributed by atoms with Gasteiger partial charge < -0.3 is 24.2 Å². The Morgan fingerprint density at radius 3 is 2.27 bits per heavy atom. The summed E-state index contributed by atoms with van der Waals surface area (Å²) in [7, 11) is 0.712. The van der Waals surface area contributed by atoms with Crippen molar-refractivity contribution in [1.82, 2.24) is 15.0 Å². The van der Waals surface area contributed by atoms with Crippen molar-refractivity contribution in [3.05, 3.63) is 41.5 Å². The van der Waals surface area contributed by atoms with Crippen molar-refractivity contribution >= 4 is 47.3 Å².